The Morgan fingerprint density at radius 3 is 2.86 bits per heavy atom. The van der Waals surface area contributed by atoms with E-state index in [0.29, 0.717) is 16.9 Å². The van der Waals surface area contributed by atoms with Crippen LogP contribution in [0.2, 0.25) is 4.34 Å². The van der Waals surface area contributed by atoms with Gasteiger partial charge < -0.3 is 15.7 Å². The van der Waals surface area contributed by atoms with E-state index in [2.05, 4.69) is 22.5 Å². The molecule has 0 aromatic carbocycles. The van der Waals surface area contributed by atoms with E-state index in [4.69, 9.17) is 11.6 Å². The van der Waals surface area contributed by atoms with Crippen LogP contribution in [0.3, 0.4) is 0 Å². The van der Waals surface area contributed by atoms with Crippen molar-refractivity contribution in [2.75, 3.05) is 13.1 Å². The predicted octanol–water partition coefficient (Wildman–Crippen LogP) is 3.80. The average Bonchev–Trinajstić information content (AvgIpc) is 3.02. The Labute approximate surface area is 158 Å². The number of aliphatic hydroxyl groups is 1. The molecule has 1 aromatic rings. The fraction of sp³-hybridized carbons (Fsp3) is 0.667. The van der Waals surface area contributed by atoms with Gasteiger partial charge in [0, 0.05) is 17.5 Å². The molecule has 1 aliphatic rings. The van der Waals surface area contributed by atoms with Crippen LogP contribution in [-0.2, 0) is 0 Å². The van der Waals surface area contributed by atoms with Crippen molar-refractivity contribution in [2.45, 2.75) is 45.3 Å². The summed E-state index contributed by atoms with van der Waals surface area (Å²) in [5, 5.41) is 16.8. The molecule has 1 aliphatic carbocycles. The Bertz CT molecular complexity index is 483. The third kappa shape index (κ3) is 6.22. The highest BCUT2D eigenvalue weighted by Crippen LogP contribution is 2.34. The monoisotopic (exact) mass is 457 g/mol. The maximum Gasteiger partial charge on any atom is 0.191 e. The number of rotatable bonds is 7. The Morgan fingerprint density at radius 1 is 1.50 bits per heavy atom. The smallest absolute Gasteiger partial charge is 0.191 e. The molecule has 0 aliphatic heterocycles. The molecule has 0 bridgehead atoms. The Morgan fingerprint density at radius 2 is 2.27 bits per heavy atom. The first-order valence-electron chi connectivity index (χ1n) is 7.62. The number of aliphatic hydroxyl groups excluding tert-OH is 1. The molecule has 3 N–H and O–H groups in total. The van der Waals surface area contributed by atoms with Gasteiger partial charge in [0.1, 0.15) is 6.10 Å². The first-order chi connectivity index (χ1) is 10.1. The third-order valence-corrected chi connectivity index (χ3v) is 4.93. The second-order valence-electron chi connectivity index (χ2n) is 5.41. The molecule has 4 nitrogen and oxygen atoms in total. The van der Waals surface area contributed by atoms with E-state index in [1.54, 1.807) is 6.07 Å². The van der Waals surface area contributed by atoms with Gasteiger partial charge in [-0.3, -0.25) is 4.99 Å². The van der Waals surface area contributed by atoms with E-state index in [9.17, 15) is 5.11 Å². The molecule has 7 heteroatoms. The fourth-order valence-electron chi connectivity index (χ4n) is 2.38. The molecule has 2 rings (SSSR count). The second-order valence-corrected chi connectivity index (χ2v) is 7.16. The molecule has 22 heavy (non-hydrogen) atoms. The van der Waals surface area contributed by atoms with Crippen LogP contribution >= 0.6 is 46.9 Å². The average molecular weight is 458 g/mol. The van der Waals surface area contributed by atoms with Crippen molar-refractivity contribution in [3.8, 4) is 0 Å². The summed E-state index contributed by atoms with van der Waals surface area (Å²) < 4.78 is 0.693. The van der Waals surface area contributed by atoms with Crippen LogP contribution in [0, 0.1) is 5.92 Å². The molecule has 1 saturated carbocycles. The summed E-state index contributed by atoms with van der Waals surface area (Å²) in [6, 6.07) is 4.19. The maximum atomic E-state index is 10.1. The zero-order valence-electron chi connectivity index (χ0n) is 13.0. The van der Waals surface area contributed by atoms with E-state index in [1.807, 2.05) is 13.0 Å². The zero-order chi connectivity index (χ0) is 15.2. The van der Waals surface area contributed by atoms with Crippen molar-refractivity contribution in [2.24, 2.45) is 10.9 Å². The SMILES string of the molecule is CCCC1CC1NC(=NCC(O)c1ccc(Cl)s1)NCC.I. The van der Waals surface area contributed by atoms with Gasteiger partial charge in [-0.1, -0.05) is 24.9 Å². The Kier molecular flexibility index (Phi) is 9.04. The van der Waals surface area contributed by atoms with Crippen LogP contribution in [0.15, 0.2) is 17.1 Å². The number of aliphatic imine (C=N–C) groups is 1. The normalized spacial score (nSPS) is 21.9. The standard InChI is InChI=1S/C15H24ClN3OS.HI/c1-3-5-10-8-11(10)19-15(17-4-2)18-9-12(20)13-6-7-14(16)21-13;/h6-7,10-12,20H,3-5,8-9H2,1-2H3,(H2,17,18,19);1H. The fourth-order valence-corrected chi connectivity index (χ4v) is 3.42. The summed E-state index contributed by atoms with van der Waals surface area (Å²) in [7, 11) is 0. The summed E-state index contributed by atoms with van der Waals surface area (Å²) in [5.41, 5.74) is 0. The largest absolute Gasteiger partial charge is 0.386 e. The molecule has 126 valence electrons. The minimum Gasteiger partial charge on any atom is -0.386 e. The van der Waals surface area contributed by atoms with Crippen LogP contribution in [0.4, 0.5) is 0 Å². The molecule has 0 radical (unpaired) electrons. The van der Waals surface area contributed by atoms with E-state index < -0.39 is 6.10 Å². The van der Waals surface area contributed by atoms with Gasteiger partial charge in [0.2, 0.25) is 0 Å². The number of hydrogen-bond acceptors (Lipinski definition) is 3. The lowest BCUT2D eigenvalue weighted by molar-refractivity contribution is 0.191. The molecule has 3 atom stereocenters. The topological polar surface area (TPSA) is 56.7 Å². The van der Waals surface area contributed by atoms with Crippen molar-refractivity contribution in [3.63, 3.8) is 0 Å². The van der Waals surface area contributed by atoms with Crippen molar-refractivity contribution in [3.05, 3.63) is 21.3 Å². The molecule has 0 amide bonds. The van der Waals surface area contributed by atoms with Gasteiger partial charge in [-0.15, -0.1) is 35.3 Å². The summed E-state index contributed by atoms with van der Waals surface area (Å²) in [6.07, 6.45) is 3.13. The zero-order valence-corrected chi connectivity index (χ0v) is 16.9. The molecule has 3 unspecified atom stereocenters. The van der Waals surface area contributed by atoms with Gasteiger partial charge in [0.25, 0.3) is 0 Å². The highest BCUT2D eigenvalue weighted by Gasteiger charge is 2.36. The number of halogens is 2. The first kappa shape index (κ1) is 20.0. The lowest BCUT2D eigenvalue weighted by Gasteiger charge is -2.12. The molecule has 0 saturated heterocycles. The maximum absolute atomic E-state index is 10.1. The highest BCUT2D eigenvalue weighted by molar-refractivity contribution is 14.0. The van der Waals surface area contributed by atoms with Crippen LogP contribution in [0.25, 0.3) is 0 Å². The minimum atomic E-state index is -0.594. The molecule has 0 spiro atoms. The van der Waals surface area contributed by atoms with Crippen molar-refractivity contribution in [1.82, 2.24) is 10.6 Å². The van der Waals surface area contributed by atoms with Crippen molar-refractivity contribution in [1.29, 1.82) is 0 Å². The van der Waals surface area contributed by atoms with Gasteiger partial charge in [-0.05, 0) is 37.8 Å². The van der Waals surface area contributed by atoms with E-state index in [-0.39, 0.29) is 24.0 Å². The number of hydrogen-bond donors (Lipinski definition) is 3. The minimum absolute atomic E-state index is 0. The molecular weight excluding hydrogens is 433 g/mol. The summed E-state index contributed by atoms with van der Waals surface area (Å²) in [5.74, 6) is 1.57. The van der Waals surface area contributed by atoms with Crippen LogP contribution < -0.4 is 10.6 Å². The van der Waals surface area contributed by atoms with E-state index in [0.717, 1.165) is 23.3 Å². The number of guanidine groups is 1. The van der Waals surface area contributed by atoms with E-state index in [1.165, 1.54) is 30.6 Å². The summed E-state index contributed by atoms with van der Waals surface area (Å²) in [6.45, 7) is 5.43. The van der Waals surface area contributed by atoms with Crippen molar-refractivity contribution >= 4 is 52.9 Å². The lowest BCUT2D eigenvalue weighted by atomic mass is 10.2. The number of nitrogens with zero attached hydrogens (tertiary/aromatic N) is 1. The van der Waals surface area contributed by atoms with Gasteiger partial charge in [-0.25, -0.2) is 0 Å². The molecule has 1 fully saturated rings. The van der Waals surface area contributed by atoms with Gasteiger partial charge in [0.15, 0.2) is 5.96 Å². The summed E-state index contributed by atoms with van der Waals surface area (Å²) in [4.78, 5) is 5.34. The van der Waals surface area contributed by atoms with Gasteiger partial charge in [0.05, 0.1) is 10.9 Å². The second kappa shape index (κ2) is 9.95. The van der Waals surface area contributed by atoms with Crippen LogP contribution in [0.5, 0.6) is 0 Å². The Hall–Kier alpha value is -0.0500. The van der Waals surface area contributed by atoms with Crippen LogP contribution in [0.1, 0.15) is 44.1 Å². The highest BCUT2D eigenvalue weighted by atomic mass is 127. The molecule has 1 aromatic heterocycles. The summed E-state index contributed by atoms with van der Waals surface area (Å²) >= 11 is 7.29. The Balaban J connectivity index is 0.00000242. The van der Waals surface area contributed by atoms with Crippen LogP contribution in [-0.4, -0.2) is 30.2 Å². The van der Waals surface area contributed by atoms with Gasteiger partial charge in [-0.2, -0.15) is 0 Å². The molecular formula is C15H25ClIN3OS. The third-order valence-electron chi connectivity index (χ3n) is 3.59. The van der Waals surface area contributed by atoms with E-state index >= 15 is 0 Å². The van der Waals surface area contributed by atoms with Gasteiger partial charge >= 0.3 is 0 Å². The number of nitrogens with one attached hydrogen (secondary N) is 2. The van der Waals surface area contributed by atoms with Crippen molar-refractivity contribution < 1.29 is 5.11 Å². The number of thiophene rings is 1. The molecule has 1 heterocycles. The quantitative estimate of drug-likeness (QED) is 0.332. The predicted molar refractivity (Wildman–Crippen MR) is 106 cm³/mol. The lowest BCUT2D eigenvalue weighted by Crippen LogP contribution is -2.39. The first-order valence-corrected chi connectivity index (χ1v) is 8.81.